The highest BCUT2D eigenvalue weighted by Crippen LogP contribution is 2.24. The first-order valence-electron chi connectivity index (χ1n) is 9.37. The maximum Gasteiger partial charge on any atom is 0.228 e. The zero-order valence-corrected chi connectivity index (χ0v) is 15.6. The molecular formula is C19H24N6O3. The number of ether oxygens (including phenoxy) is 2. The Labute approximate surface area is 163 Å². The third kappa shape index (κ3) is 3.85. The maximum absolute atomic E-state index is 10.3. The summed E-state index contributed by atoms with van der Waals surface area (Å²) in [6, 6.07) is 8.82. The SMILES string of the molecule is NN=C(c1cc(N2CCOCC2)nc(N2CCOCC2)n1)c1ccccc1O. The van der Waals surface area contributed by atoms with Gasteiger partial charge in [0.25, 0.3) is 0 Å². The predicted molar refractivity (Wildman–Crippen MR) is 106 cm³/mol. The topological polar surface area (TPSA) is 109 Å². The number of hydrogen-bond donors (Lipinski definition) is 2. The van der Waals surface area contributed by atoms with Gasteiger partial charge >= 0.3 is 0 Å². The summed E-state index contributed by atoms with van der Waals surface area (Å²) in [5.41, 5.74) is 1.52. The highest BCUT2D eigenvalue weighted by atomic mass is 16.5. The Hall–Kier alpha value is -2.91. The van der Waals surface area contributed by atoms with Crippen molar-refractivity contribution >= 4 is 17.5 Å². The first-order chi connectivity index (χ1) is 13.8. The van der Waals surface area contributed by atoms with E-state index in [1.165, 1.54) is 0 Å². The van der Waals surface area contributed by atoms with Crippen molar-refractivity contribution < 1.29 is 14.6 Å². The molecule has 0 saturated carbocycles. The lowest BCUT2D eigenvalue weighted by atomic mass is 10.1. The van der Waals surface area contributed by atoms with Crippen molar-refractivity contribution in [3.05, 3.63) is 41.6 Å². The third-order valence-electron chi connectivity index (χ3n) is 4.86. The van der Waals surface area contributed by atoms with Gasteiger partial charge in [-0.1, -0.05) is 12.1 Å². The van der Waals surface area contributed by atoms with E-state index in [4.69, 9.17) is 25.3 Å². The van der Waals surface area contributed by atoms with Gasteiger partial charge in [0.15, 0.2) is 0 Å². The van der Waals surface area contributed by atoms with E-state index >= 15 is 0 Å². The molecule has 4 rings (SSSR count). The molecule has 148 valence electrons. The Kier molecular flexibility index (Phi) is 5.54. The van der Waals surface area contributed by atoms with Gasteiger partial charge in [-0.05, 0) is 12.1 Å². The van der Waals surface area contributed by atoms with Gasteiger partial charge in [-0.2, -0.15) is 10.1 Å². The van der Waals surface area contributed by atoms with Gasteiger partial charge in [-0.15, -0.1) is 0 Å². The van der Waals surface area contributed by atoms with Gasteiger partial charge in [0.1, 0.15) is 17.3 Å². The molecule has 0 bridgehead atoms. The molecule has 1 aromatic heterocycles. The molecule has 0 radical (unpaired) electrons. The predicted octanol–water partition coefficient (Wildman–Crippen LogP) is 0.567. The molecule has 28 heavy (non-hydrogen) atoms. The molecule has 0 aliphatic carbocycles. The zero-order chi connectivity index (χ0) is 19.3. The van der Waals surface area contributed by atoms with E-state index in [-0.39, 0.29) is 5.75 Å². The van der Waals surface area contributed by atoms with E-state index in [1.54, 1.807) is 18.2 Å². The number of benzene rings is 1. The van der Waals surface area contributed by atoms with Crippen molar-refractivity contribution in [2.24, 2.45) is 10.9 Å². The number of anilines is 2. The number of rotatable bonds is 4. The van der Waals surface area contributed by atoms with Crippen LogP contribution in [0.25, 0.3) is 0 Å². The second-order valence-electron chi connectivity index (χ2n) is 6.61. The van der Waals surface area contributed by atoms with Crippen LogP contribution in [-0.2, 0) is 9.47 Å². The summed E-state index contributed by atoms with van der Waals surface area (Å²) in [6.45, 7) is 5.54. The third-order valence-corrected chi connectivity index (χ3v) is 4.86. The number of aromatic hydroxyl groups is 1. The normalized spacial score (nSPS) is 18.4. The van der Waals surface area contributed by atoms with Crippen molar-refractivity contribution in [2.45, 2.75) is 0 Å². The van der Waals surface area contributed by atoms with E-state index in [2.05, 4.69) is 14.9 Å². The van der Waals surface area contributed by atoms with Crippen LogP contribution in [-0.4, -0.2) is 73.4 Å². The maximum atomic E-state index is 10.3. The van der Waals surface area contributed by atoms with Crippen LogP contribution in [0, 0.1) is 0 Å². The minimum atomic E-state index is 0.103. The molecule has 2 aliphatic heterocycles. The second-order valence-corrected chi connectivity index (χ2v) is 6.61. The molecule has 2 fully saturated rings. The largest absolute Gasteiger partial charge is 0.507 e. The smallest absolute Gasteiger partial charge is 0.228 e. The molecule has 0 amide bonds. The van der Waals surface area contributed by atoms with Gasteiger partial charge in [0, 0.05) is 37.8 Å². The lowest BCUT2D eigenvalue weighted by Crippen LogP contribution is -2.39. The van der Waals surface area contributed by atoms with Crippen LogP contribution in [0.2, 0.25) is 0 Å². The standard InChI is InChI=1S/C19H24N6O3/c20-23-18(14-3-1-2-4-16(14)26)15-13-17(24-5-9-27-10-6-24)22-19(21-15)25-7-11-28-12-8-25/h1-4,13,26H,5-12,20H2. The second kappa shape index (κ2) is 8.41. The van der Waals surface area contributed by atoms with Crippen LogP contribution in [0.5, 0.6) is 5.75 Å². The van der Waals surface area contributed by atoms with Crippen LogP contribution < -0.4 is 15.6 Å². The fourth-order valence-electron chi connectivity index (χ4n) is 3.35. The summed E-state index contributed by atoms with van der Waals surface area (Å²) < 4.78 is 10.9. The molecule has 0 unspecified atom stereocenters. The Bertz CT molecular complexity index is 811. The Balaban J connectivity index is 1.77. The fraction of sp³-hybridized carbons (Fsp3) is 0.421. The van der Waals surface area contributed by atoms with E-state index < -0.39 is 0 Å². The highest BCUT2D eigenvalue weighted by molar-refractivity contribution is 6.13. The number of nitrogens with two attached hydrogens (primary N) is 1. The molecule has 9 nitrogen and oxygen atoms in total. The summed E-state index contributed by atoms with van der Waals surface area (Å²) in [5, 5.41) is 14.2. The summed E-state index contributed by atoms with van der Waals surface area (Å²) in [7, 11) is 0. The number of para-hydroxylation sites is 1. The highest BCUT2D eigenvalue weighted by Gasteiger charge is 2.22. The van der Waals surface area contributed by atoms with Crippen LogP contribution in [0.15, 0.2) is 35.4 Å². The first kappa shape index (κ1) is 18.5. The van der Waals surface area contributed by atoms with Crippen LogP contribution in [0.3, 0.4) is 0 Å². The summed E-state index contributed by atoms with van der Waals surface area (Å²) >= 11 is 0. The number of hydrogen-bond acceptors (Lipinski definition) is 9. The van der Waals surface area contributed by atoms with Crippen LogP contribution in [0.4, 0.5) is 11.8 Å². The minimum Gasteiger partial charge on any atom is -0.507 e. The molecule has 3 N–H and O–H groups in total. The Morgan fingerprint density at radius 2 is 1.61 bits per heavy atom. The molecule has 3 heterocycles. The van der Waals surface area contributed by atoms with Crippen molar-refractivity contribution in [3.8, 4) is 5.75 Å². The molecule has 0 spiro atoms. The van der Waals surface area contributed by atoms with Gasteiger partial charge in [0.05, 0.1) is 32.1 Å². The van der Waals surface area contributed by atoms with E-state index in [0.717, 1.165) is 32.0 Å². The summed E-state index contributed by atoms with van der Waals surface area (Å²) in [5.74, 6) is 7.22. The number of nitrogens with zero attached hydrogens (tertiary/aromatic N) is 5. The fourth-order valence-corrected chi connectivity index (χ4v) is 3.35. The Morgan fingerprint density at radius 1 is 0.964 bits per heavy atom. The number of aromatic nitrogens is 2. The molecule has 1 aromatic carbocycles. The summed E-state index contributed by atoms with van der Waals surface area (Å²) in [4.78, 5) is 13.8. The Morgan fingerprint density at radius 3 is 2.25 bits per heavy atom. The van der Waals surface area contributed by atoms with E-state index in [0.29, 0.717) is 49.3 Å². The molecule has 2 saturated heterocycles. The van der Waals surface area contributed by atoms with E-state index in [1.807, 2.05) is 12.1 Å². The van der Waals surface area contributed by atoms with Crippen LogP contribution in [0.1, 0.15) is 11.3 Å². The van der Waals surface area contributed by atoms with Crippen molar-refractivity contribution in [3.63, 3.8) is 0 Å². The number of morpholine rings is 2. The van der Waals surface area contributed by atoms with Crippen molar-refractivity contribution in [1.82, 2.24) is 9.97 Å². The van der Waals surface area contributed by atoms with Crippen LogP contribution >= 0.6 is 0 Å². The monoisotopic (exact) mass is 384 g/mol. The van der Waals surface area contributed by atoms with Gasteiger partial charge in [-0.3, -0.25) is 0 Å². The average Bonchev–Trinajstić information content (AvgIpc) is 2.77. The van der Waals surface area contributed by atoms with E-state index in [9.17, 15) is 5.11 Å². The molecular weight excluding hydrogens is 360 g/mol. The molecule has 2 aromatic rings. The van der Waals surface area contributed by atoms with Gasteiger partial charge < -0.3 is 30.2 Å². The van der Waals surface area contributed by atoms with Gasteiger partial charge in [0.2, 0.25) is 5.95 Å². The number of phenols is 1. The minimum absolute atomic E-state index is 0.103. The summed E-state index contributed by atoms with van der Waals surface area (Å²) in [6.07, 6.45) is 0. The molecule has 0 atom stereocenters. The number of phenolic OH excluding ortho intramolecular Hbond substituents is 1. The molecule has 9 heteroatoms. The lowest BCUT2D eigenvalue weighted by Gasteiger charge is -2.31. The van der Waals surface area contributed by atoms with Gasteiger partial charge in [-0.25, -0.2) is 4.98 Å². The first-order valence-corrected chi connectivity index (χ1v) is 9.37. The van der Waals surface area contributed by atoms with Crippen molar-refractivity contribution in [2.75, 3.05) is 62.4 Å². The van der Waals surface area contributed by atoms with Crippen molar-refractivity contribution in [1.29, 1.82) is 0 Å². The average molecular weight is 384 g/mol. The molecule has 2 aliphatic rings. The quantitative estimate of drug-likeness (QED) is 0.447. The number of hydrazone groups is 1. The zero-order valence-electron chi connectivity index (χ0n) is 15.6. The lowest BCUT2D eigenvalue weighted by molar-refractivity contribution is 0.121.